The molecule has 0 saturated carbocycles. The normalized spacial score (nSPS) is 16.9. The van der Waals surface area contributed by atoms with E-state index in [1.54, 1.807) is 0 Å². The number of rotatable bonds is 7. The molecular weight excluding hydrogens is 408 g/mol. The van der Waals surface area contributed by atoms with Crippen LogP contribution in [0.15, 0.2) is 35.4 Å². The Morgan fingerprint density at radius 2 is 2.03 bits per heavy atom. The van der Waals surface area contributed by atoms with Crippen LogP contribution in [-0.2, 0) is 11.2 Å². The summed E-state index contributed by atoms with van der Waals surface area (Å²) in [4.78, 5) is 19.1. The number of primary amides is 1. The zero-order valence-electron chi connectivity index (χ0n) is 17.8. The Bertz CT molecular complexity index is 1030. The molecule has 2 atom stereocenters. The van der Waals surface area contributed by atoms with Crippen molar-refractivity contribution in [1.82, 2.24) is 10.3 Å². The molecule has 160 valence electrons. The summed E-state index contributed by atoms with van der Waals surface area (Å²) in [6.45, 7) is 3.44. The fourth-order valence-electron chi connectivity index (χ4n) is 3.93. The number of aromatic nitrogens is 1. The van der Waals surface area contributed by atoms with Crippen molar-refractivity contribution >= 4 is 23.5 Å². The van der Waals surface area contributed by atoms with Gasteiger partial charge in [-0.15, -0.1) is 0 Å². The van der Waals surface area contributed by atoms with Gasteiger partial charge in [-0.05, 0) is 37.4 Å². The number of carbonyl (C=O) groups excluding carboxylic acids is 1. The Labute approximate surface area is 187 Å². The molecule has 1 aliphatic rings. The number of nitriles is 2. The minimum atomic E-state index is -0.683. The summed E-state index contributed by atoms with van der Waals surface area (Å²) in [5.74, 6) is 0.0798. The van der Waals surface area contributed by atoms with Crippen LogP contribution in [-0.4, -0.2) is 37.1 Å². The molecule has 0 spiro atoms. The number of carbonyl (C=O) groups is 1. The fraction of sp³-hybridized carbons (Fsp3) is 0.391. The summed E-state index contributed by atoms with van der Waals surface area (Å²) < 4.78 is 0. The van der Waals surface area contributed by atoms with E-state index in [1.165, 1.54) is 11.8 Å². The average molecular weight is 435 g/mol. The Balaban J connectivity index is 2.12. The molecule has 3 rings (SSSR count). The maximum atomic E-state index is 12.3. The Morgan fingerprint density at radius 3 is 2.61 bits per heavy atom. The van der Waals surface area contributed by atoms with Gasteiger partial charge in [0, 0.05) is 19.1 Å². The van der Waals surface area contributed by atoms with Crippen LogP contribution in [0, 0.1) is 22.7 Å². The quantitative estimate of drug-likeness (QED) is 0.643. The standard InChI is InChI=1S/C23H26N6OS/c1-3-17-18(12-24)22(29-11-7-10-16(14-29)27-2)28-23(19(17)13-25)31-20(21(26)30)15-8-5-4-6-9-15/h4-6,8-9,16,20,27H,3,7,10-11,14H2,1-2H3,(H2,26,30). The SMILES string of the molecule is CCc1c(C#N)c(SC(C(N)=O)c2ccccc2)nc(N2CCCC(NC)C2)c1C#N. The Hall–Kier alpha value is -3.07. The van der Waals surface area contributed by atoms with Gasteiger partial charge in [0.05, 0.1) is 11.1 Å². The van der Waals surface area contributed by atoms with Gasteiger partial charge >= 0.3 is 0 Å². The molecule has 2 aromatic rings. The number of thioether (sulfide) groups is 1. The molecule has 0 radical (unpaired) electrons. The smallest absolute Gasteiger partial charge is 0.235 e. The topological polar surface area (TPSA) is 119 Å². The molecule has 0 bridgehead atoms. The zero-order chi connectivity index (χ0) is 22.4. The second-order valence-electron chi connectivity index (χ2n) is 7.43. The van der Waals surface area contributed by atoms with Gasteiger partial charge in [-0.25, -0.2) is 4.98 Å². The van der Waals surface area contributed by atoms with Crippen molar-refractivity contribution in [2.24, 2.45) is 5.73 Å². The number of nitrogens with two attached hydrogens (primary N) is 1. The highest BCUT2D eigenvalue weighted by Crippen LogP contribution is 2.39. The molecule has 1 aliphatic heterocycles. The van der Waals surface area contributed by atoms with E-state index in [9.17, 15) is 15.3 Å². The van der Waals surface area contributed by atoms with Crippen LogP contribution in [0.1, 0.15) is 47.3 Å². The molecule has 7 nitrogen and oxygen atoms in total. The second kappa shape index (κ2) is 10.3. The van der Waals surface area contributed by atoms with E-state index < -0.39 is 11.2 Å². The van der Waals surface area contributed by atoms with E-state index in [4.69, 9.17) is 10.7 Å². The first-order chi connectivity index (χ1) is 15.0. The van der Waals surface area contributed by atoms with Crippen molar-refractivity contribution < 1.29 is 4.79 Å². The van der Waals surface area contributed by atoms with E-state index in [-0.39, 0.29) is 0 Å². The third kappa shape index (κ3) is 4.82. The maximum absolute atomic E-state index is 12.3. The molecule has 3 N–H and O–H groups in total. The van der Waals surface area contributed by atoms with Crippen LogP contribution in [0.4, 0.5) is 5.82 Å². The molecule has 1 fully saturated rings. The minimum absolute atomic E-state index is 0.307. The molecule has 2 heterocycles. The molecule has 2 unspecified atom stereocenters. The van der Waals surface area contributed by atoms with Crippen molar-refractivity contribution in [3.63, 3.8) is 0 Å². The third-order valence-electron chi connectivity index (χ3n) is 5.55. The third-order valence-corrected chi connectivity index (χ3v) is 6.80. The lowest BCUT2D eigenvalue weighted by Crippen LogP contribution is -2.45. The minimum Gasteiger partial charge on any atom is -0.368 e. The number of pyridine rings is 1. The van der Waals surface area contributed by atoms with Gasteiger partial charge in [0.25, 0.3) is 0 Å². The van der Waals surface area contributed by atoms with Crippen molar-refractivity contribution in [3.8, 4) is 12.1 Å². The summed E-state index contributed by atoms with van der Waals surface area (Å²) in [5, 5.41) is 22.9. The lowest BCUT2D eigenvalue weighted by atomic mass is 10.00. The predicted molar refractivity (Wildman–Crippen MR) is 122 cm³/mol. The largest absolute Gasteiger partial charge is 0.368 e. The molecule has 1 amide bonds. The van der Waals surface area contributed by atoms with E-state index >= 15 is 0 Å². The van der Waals surface area contributed by atoms with Crippen LogP contribution in [0.25, 0.3) is 0 Å². The van der Waals surface area contributed by atoms with Crippen LogP contribution in [0.5, 0.6) is 0 Å². The molecule has 1 saturated heterocycles. The molecule has 1 aromatic carbocycles. The predicted octanol–water partition coefficient (Wildman–Crippen LogP) is 2.89. The summed E-state index contributed by atoms with van der Waals surface area (Å²) in [7, 11) is 1.93. The number of hydrogen-bond acceptors (Lipinski definition) is 7. The van der Waals surface area contributed by atoms with Crippen molar-refractivity contribution in [2.75, 3.05) is 25.0 Å². The number of nitrogens with one attached hydrogen (secondary N) is 1. The number of piperidine rings is 1. The van der Waals surface area contributed by atoms with Gasteiger partial charge in [-0.2, -0.15) is 10.5 Å². The van der Waals surface area contributed by atoms with Gasteiger partial charge in [-0.1, -0.05) is 49.0 Å². The zero-order valence-corrected chi connectivity index (χ0v) is 18.6. The van der Waals surface area contributed by atoms with Crippen molar-refractivity contribution in [1.29, 1.82) is 10.5 Å². The van der Waals surface area contributed by atoms with Crippen LogP contribution in [0.2, 0.25) is 0 Å². The highest BCUT2D eigenvalue weighted by Gasteiger charge is 2.29. The van der Waals surface area contributed by atoms with E-state index in [2.05, 4.69) is 22.4 Å². The number of amides is 1. The number of anilines is 1. The van der Waals surface area contributed by atoms with Gasteiger partial charge in [0.2, 0.25) is 5.91 Å². The summed E-state index contributed by atoms with van der Waals surface area (Å²) in [5.41, 5.74) is 7.91. The van der Waals surface area contributed by atoms with E-state index in [0.29, 0.717) is 40.0 Å². The fourth-order valence-corrected chi connectivity index (χ4v) is 4.99. The van der Waals surface area contributed by atoms with Crippen molar-refractivity contribution in [3.05, 3.63) is 52.6 Å². The second-order valence-corrected chi connectivity index (χ2v) is 8.52. The number of hydrogen-bond donors (Lipinski definition) is 2. The first kappa shape index (κ1) is 22.6. The molecule has 8 heteroatoms. The Kier molecular flexibility index (Phi) is 7.51. The molecule has 0 aliphatic carbocycles. The first-order valence-electron chi connectivity index (χ1n) is 10.3. The monoisotopic (exact) mass is 434 g/mol. The lowest BCUT2D eigenvalue weighted by Gasteiger charge is -2.34. The summed E-state index contributed by atoms with van der Waals surface area (Å²) >= 11 is 1.17. The Morgan fingerprint density at radius 1 is 1.32 bits per heavy atom. The number of likely N-dealkylation sites (N-methyl/N-ethyl adjacent to an activating group) is 1. The number of nitrogens with zero attached hydrogens (tertiary/aromatic N) is 4. The van der Waals surface area contributed by atoms with Gasteiger partial charge in [0.15, 0.2) is 0 Å². The summed E-state index contributed by atoms with van der Waals surface area (Å²) in [6, 6.07) is 14.0. The maximum Gasteiger partial charge on any atom is 0.235 e. The van der Waals surface area contributed by atoms with Gasteiger partial charge in [-0.3, -0.25) is 4.79 Å². The van der Waals surface area contributed by atoms with Crippen LogP contribution < -0.4 is 16.0 Å². The highest BCUT2D eigenvalue weighted by atomic mass is 32.2. The van der Waals surface area contributed by atoms with Crippen LogP contribution >= 0.6 is 11.8 Å². The molecule has 31 heavy (non-hydrogen) atoms. The highest BCUT2D eigenvalue weighted by molar-refractivity contribution is 8.00. The molecular formula is C23H26N6OS. The van der Waals surface area contributed by atoms with Crippen molar-refractivity contribution in [2.45, 2.75) is 42.5 Å². The van der Waals surface area contributed by atoms with E-state index in [1.807, 2.05) is 44.3 Å². The van der Waals surface area contributed by atoms with E-state index in [0.717, 1.165) is 31.5 Å². The van der Waals surface area contributed by atoms with Gasteiger partial charge < -0.3 is 16.0 Å². The van der Waals surface area contributed by atoms with Gasteiger partial charge in [0.1, 0.15) is 28.2 Å². The number of benzene rings is 1. The first-order valence-corrected chi connectivity index (χ1v) is 11.2. The van der Waals surface area contributed by atoms with Crippen LogP contribution in [0.3, 0.4) is 0 Å². The molecule has 1 aromatic heterocycles. The average Bonchev–Trinajstić information content (AvgIpc) is 2.81. The summed E-state index contributed by atoms with van der Waals surface area (Å²) in [6.07, 6.45) is 2.56. The lowest BCUT2D eigenvalue weighted by molar-refractivity contribution is -0.117.